The number of aromatic nitrogens is 3. The molecule has 0 aromatic carbocycles. The van der Waals surface area contributed by atoms with Crippen LogP contribution in [0.25, 0.3) is 0 Å². The molecule has 0 saturated carbocycles. The van der Waals surface area contributed by atoms with Crippen molar-refractivity contribution in [3.05, 3.63) is 17.6 Å². The lowest BCUT2D eigenvalue weighted by molar-refractivity contribution is 0.307. The van der Waals surface area contributed by atoms with Crippen LogP contribution in [-0.4, -0.2) is 33.5 Å². The van der Waals surface area contributed by atoms with Gasteiger partial charge in [-0.2, -0.15) is 10.1 Å². The fourth-order valence-electron chi connectivity index (χ4n) is 1.82. The van der Waals surface area contributed by atoms with E-state index in [2.05, 4.69) is 10.1 Å². The van der Waals surface area contributed by atoms with E-state index in [-0.39, 0.29) is 12.6 Å². The van der Waals surface area contributed by atoms with Crippen molar-refractivity contribution in [2.75, 3.05) is 18.6 Å². The number of aliphatic hydroxyl groups is 1. The topological polar surface area (TPSA) is 54.2 Å². The third-order valence-corrected chi connectivity index (χ3v) is 2.86. The molecule has 1 aromatic rings. The maximum absolute atomic E-state index is 9.27. The highest BCUT2D eigenvalue weighted by atomic mass is 16.3. The summed E-state index contributed by atoms with van der Waals surface area (Å²) in [6, 6.07) is 0.0914. The fraction of sp³-hybridized carbons (Fsp3) is 0.556. The Morgan fingerprint density at radius 1 is 1.57 bits per heavy atom. The van der Waals surface area contributed by atoms with E-state index < -0.39 is 0 Å². The molecule has 1 atom stereocenters. The van der Waals surface area contributed by atoms with Crippen molar-refractivity contribution >= 4 is 5.95 Å². The van der Waals surface area contributed by atoms with Crippen LogP contribution in [0.1, 0.15) is 19.9 Å². The number of hydrogen-bond acceptors (Lipinski definition) is 4. The number of fused-ring (bicyclic) bond motifs is 1. The molecule has 1 aliphatic rings. The molecule has 76 valence electrons. The van der Waals surface area contributed by atoms with E-state index in [4.69, 9.17) is 0 Å². The van der Waals surface area contributed by atoms with E-state index in [1.807, 2.05) is 30.5 Å². The minimum Gasteiger partial charge on any atom is -0.392 e. The molecule has 14 heavy (non-hydrogen) atoms. The second kappa shape index (κ2) is 3.09. The molecule has 5 nitrogen and oxygen atoms in total. The SMILES string of the molecule is CC1=C(CO)C(C)n2ncnc2N1C. The van der Waals surface area contributed by atoms with Crippen molar-refractivity contribution < 1.29 is 5.11 Å². The van der Waals surface area contributed by atoms with Gasteiger partial charge in [0.25, 0.3) is 0 Å². The lowest BCUT2D eigenvalue weighted by Crippen LogP contribution is -2.30. The second-order valence-corrected chi connectivity index (χ2v) is 3.51. The van der Waals surface area contributed by atoms with Crippen LogP contribution in [0.5, 0.6) is 0 Å². The average Bonchev–Trinajstić information content (AvgIpc) is 2.64. The lowest BCUT2D eigenvalue weighted by atomic mass is 10.1. The summed E-state index contributed by atoms with van der Waals surface area (Å²) >= 11 is 0. The predicted octanol–water partition coefficient (Wildman–Crippen LogP) is 0.555. The van der Waals surface area contributed by atoms with Crippen LogP contribution in [0.2, 0.25) is 0 Å². The zero-order chi connectivity index (χ0) is 10.3. The van der Waals surface area contributed by atoms with Crippen LogP contribution in [0.4, 0.5) is 5.95 Å². The molecule has 0 fully saturated rings. The monoisotopic (exact) mass is 194 g/mol. The van der Waals surface area contributed by atoms with Crippen molar-refractivity contribution in [3.63, 3.8) is 0 Å². The summed E-state index contributed by atoms with van der Waals surface area (Å²) in [6.45, 7) is 4.07. The van der Waals surface area contributed by atoms with Gasteiger partial charge >= 0.3 is 0 Å². The standard InChI is InChI=1S/C9H14N4O/c1-6-8(4-14)7(2)13-9(12(6)3)10-5-11-13/h5,7,14H,4H2,1-3H3. The highest BCUT2D eigenvalue weighted by molar-refractivity contribution is 5.45. The Balaban J connectivity index is 2.54. The van der Waals surface area contributed by atoms with E-state index in [0.717, 1.165) is 17.2 Å². The first-order valence-corrected chi connectivity index (χ1v) is 4.60. The molecule has 1 unspecified atom stereocenters. The van der Waals surface area contributed by atoms with Gasteiger partial charge in [0.1, 0.15) is 6.33 Å². The van der Waals surface area contributed by atoms with E-state index in [9.17, 15) is 5.11 Å². The summed E-state index contributed by atoms with van der Waals surface area (Å²) in [5, 5.41) is 13.4. The summed E-state index contributed by atoms with van der Waals surface area (Å²) in [4.78, 5) is 6.11. The first-order valence-electron chi connectivity index (χ1n) is 4.60. The molecule has 0 amide bonds. The Kier molecular flexibility index (Phi) is 2.03. The van der Waals surface area contributed by atoms with Gasteiger partial charge in [-0.25, -0.2) is 4.68 Å². The van der Waals surface area contributed by atoms with Gasteiger partial charge in [0.05, 0.1) is 12.6 Å². The number of anilines is 1. The Morgan fingerprint density at radius 3 is 2.93 bits per heavy atom. The number of allylic oxidation sites excluding steroid dienone is 1. The first-order chi connectivity index (χ1) is 6.66. The Hall–Kier alpha value is -1.36. The maximum Gasteiger partial charge on any atom is 0.228 e. The maximum atomic E-state index is 9.27. The summed E-state index contributed by atoms with van der Waals surface area (Å²) in [5.41, 5.74) is 2.05. The summed E-state index contributed by atoms with van der Waals surface area (Å²) in [7, 11) is 1.93. The highest BCUT2D eigenvalue weighted by Gasteiger charge is 2.26. The van der Waals surface area contributed by atoms with Crippen molar-refractivity contribution in [1.82, 2.24) is 14.8 Å². The number of nitrogens with zero attached hydrogens (tertiary/aromatic N) is 4. The minimum absolute atomic E-state index is 0.0661. The van der Waals surface area contributed by atoms with Crippen LogP contribution in [-0.2, 0) is 0 Å². The molecule has 0 bridgehead atoms. The van der Waals surface area contributed by atoms with Gasteiger partial charge in [-0.15, -0.1) is 0 Å². The normalized spacial score (nSPS) is 21.4. The molecule has 0 aliphatic carbocycles. The van der Waals surface area contributed by atoms with Gasteiger partial charge < -0.3 is 10.0 Å². The third-order valence-electron chi connectivity index (χ3n) is 2.86. The molecule has 2 rings (SSSR count). The average molecular weight is 194 g/mol. The van der Waals surface area contributed by atoms with Crippen LogP contribution in [0, 0.1) is 0 Å². The fourth-order valence-corrected chi connectivity index (χ4v) is 1.82. The quantitative estimate of drug-likeness (QED) is 0.709. The molecule has 1 aliphatic heterocycles. The smallest absolute Gasteiger partial charge is 0.228 e. The van der Waals surface area contributed by atoms with Crippen molar-refractivity contribution in [2.24, 2.45) is 0 Å². The minimum atomic E-state index is 0.0661. The molecule has 5 heteroatoms. The molecule has 1 aromatic heterocycles. The van der Waals surface area contributed by atoms with Crippen molar-refractivity contribution in [2.45, 2.75) is 19.9 Å². The Labute approximate surface area is 82.7 Å². The molecular formula is C9H14N4O. The molecule has 1 N–H and O–H groups in total. The summed E-state index contributed by atoms with van der Waals surface area (Å²) < 4.78 is 1.82. The van der Waals surface area contributed by atoms with E-state index in [1.165, 1.54) is 6.33 Å². The highest BCUT2D eigenvalue weighted by Crippen LogP contribution is 2.31. The second-order valence-electron chi connectivity index (χ2n) is 3.51. The van der Waals surface area contributed by atoms with Gasteiger partial charge in [0.15, 0.2) is 0 Å². The van der Waals surface area contributed by atoms with Crippen molar-refractivity contribution in [1.29, 1.82) is 0 Å². The molecular weight excluding hydrogens is 180 g/mol. The first kappa shape index (κ1) is 9.21. The van der Waals surface area contributed by atoms with Crippen LogP contribution < -0.4 is 4.90 Å². The van der Waals surface area contributed by atoms with Crippen LogP contribution >= 0.6 is 0 Å². The van der Waals surface area contributed by atoms with Crippen LogP contribution in [0.15, 0.2) is 17.6 Å². The van der Waals surface area contributed by atoms with Gasteiger partial charge in [0, 0.05) is 12.7 Å². The summed E-state index contributed by atoms with van der Waals surface area (Å²) in [5.74, 6) is 0.826. The number of aliphatic hydroxyl groups excluding tert-OH is 1. The van der Waals surface area contributed by atoms with Gasteiger partial charge in [-0.3, -0.25) is 0 Å². The van der Waals surface area contributed by atoms with Gasteiger partial charge in [-0.05, 0) is 19.4 Å². The van der Waals surface area contributed by atoms with Crippen molar-refractivity contribution in [3.8, 4) is 0 Å². The molecule has 2 heterocycles. The zero-order valence-corrected chi connectivity index (χ0v) is 8.60. The molecule has 0 saturated heterocycles. The molecule has 0 radical (unpaired) electrons. The number of hydrogen-bond donors (Lipinski definition) is 1. The van der Waals surface area contributed by atoms with Crippen LogP contribution in [0.3, 0.4) is 0 Å². The molecule has 0 spiro atoms. The Morgan fingerprint density at radius 2 is 2.29 bits per heavy atom. The third kappa shape index (κ3) is 1.05. The number of rotatable bonds is 1. The van der Waals surface area contributed by atoms with E-state index in [0.29, 0.717) is 0 Å². The Bertz CT molecular complexity index is 382. The predicted molar refractivity (Wildman–Crippen MR) is 52.9 cm³/mol. The van der Waals surface area contributed by atoms with E-state index in [1.54, 1.807) is 0 Å². The van der Waals surface area contributed by atoms with Gasteiger partial charge in [-0.1, -0.05) is 0 Å². The largest absolute Gasteiger partial charge is 0.392 e. The summed E-state index contributed by atoms with van der Waals surface area (Å²) in [6.07, 6.45) is 1.54. The van der Waals surface area contributed by atoms with E-state index >= 15 is 0 Å². The zero-order valence-electron chi connectivity index (χ0n) is 8.60. The van der Waals surface area contributed by atoms with Gasteiger partial charge in [0.2, 0.25) is 5.95 Å². The lowest BCUT2D eigenvalue weighted by Gasteiger charge is -2.31.